The number of nitrogens with zero attached hydrogens (tertiary/aromatic N) is 6. The molecule has 0 atom stereocenters. The zero-order chi connectivity index (χ0) is 33.8. The molecule has 0 aliphatic carbocycles. The predicted octanol–water partition coefficient (Wildman–Crippen LogP) is 10.4. The zero-order valence-electron chi connectivity index (χ0n) is 28.0. The van der Waals surface area contributed by atoms with Gasteiger partial charge in [-0.25, -0.2) is 4.98 Å². The quantitative estimate of drug-likeness (QED) is 0.102. The molecule has 8 heteroatoms. The number of aromatic nitrogens is 6. The van der Waals surface area contributed by atoms with Gasteiger partial charge in [0.1, 0.15) is 5.65 Å². The Morgan fingerprint density at radius 1 is 0.538 bits per heavy atom. The van der Waals surface area contributed by atoms with Crippen molar-refractivity contribution in [3.05, 3.63) is 145 Å². The van der Waals surface area contributed by atoms with Gasteiger partial charge in [0, 0.05) is 29.4 Å². The second-order valence-corrected chi connectivity index (χ2v) is 13.0. The van der Waals surface area contributed by atoms with Crippen LogP contribution in [-0.4, -0.2) is 28.7 Å². The van der Waals surface area contributed by atoms with Crippen LogP contribution in [0.3, 0.4) is 0 Å². The molecule has 0 saturated carbocycles. The van der Waals surface area contributed by atoms with Gasteiger partial charge in [-0.3, -0.25) is 15.0 Å². The van der Waals surface area contributed by atoms with Crippen LogP contribution in [0, 0.1) is 26.0 Å². The largest absolute Gasteiger partial charge is 2.00 e. The van der Waals surface area contributed by atoms with Crippen molar-refractivity contribution in [2.75, 3.05) is 0 Å². The summed E-state index contributed by atoms with van der Waals surface area (Å²) in [5, 5.41) is 4.83. The first kappa shape index (κ1) is 30.6. The third kappa shape index (κ3) is 4.29. The average molecular weight is 761 g/mol. The first-order valence-corrected chi connectivity index (χ1v) is 16.9. The minimum atomic E-state index is 0. The number of ether oxygens (including phenoxy) is 1. The van der Waals surface area contributed by atoms with Crippen molar-refractivity contribution >= 4 is 77.0 Å². The molecule has 52 heavy (non-hydrogen) atoms. The fourth-order valence-corrected chi connectivity index (χ4v) is 7.93. The van der Waals surface area contributed by atoms with E-state index in [1.165, 1.54) is 22.3 Å². The van der Waals surface area contributed by atoms with Crippen molar-refractivity contribution in [2.24, 2.45) is 0 Å². The number of fused-ring (bicyclic) bond motifs is 16. The molecule has 0 fully saturated rings. The Hall–Kier alpha value is -6.20. The fourth-order valence-electron chi connectivity index (χ4n) is 7.93. The van der Waals surface area contributed by atoms with E-state index in [0.717, 1.165) is 77.0 Å². The van der Waals surface area contributed by atoms with Crippen LogP contribution in [0.25, 0.3) is 88.1 Å². The van der Waals surface area contributed by atoms with Gasteiger partial charge < -0.3 is 13.5 Å². The SMILES string of the molecule is Cc1cccc(C)c1-c1cccc2c1c1ccc(Oc3[c-]c4c(cc3)c3nccnc3n3c5ccccc5nc43)[c-]c1c1nc3ccccc3n21.[Pd+2]. The van der Waals surface area contributed by atoms with Crippen molar-refractivity contribution in [3.63, 3.8) is 0 Å². The van der Waals surface area contributed by atoms with E-state index in [4.69, 9.17) is 24.7 Å². The molecule has 0 spiro atoms. The minimum Gasteiger partial charge on any atom is -0.497 e. The molecular weight excluding hydrogens is 735 g/mol. The van der Waals surface area contributed by atoms with Crippen molar-refractivity contribution in [1.82, 2.24) is 28.7 Å². The molecule has 0 bridgehead atoms. The monoisotopic (exact) mass is 760 g/mol. The van der Waals surface area contributed by atoms with Gasteiger partial charge in [-0.2, -0.15) is 0 Å². The number of hydrogen-bond acceptors (Lipinski definition) is 5. The molecule has 0 radical (unpaired) electrons. The smallest absolute Gasteiger partial charge is 0.497 e. The molecular formula is C44H26N6OPd. The Morgan fingerprint density at radius 2 is 1.12 bits per heavy atom. The normalized spacial score (nSPS) is 11.9. The number of rotatable bonds is 3. The Bertz CT molecular complexity index is 3250. The predicted molar refractivity (Wildman–Crippen MR) is 204 cm³/mol. The van der Waals surface area contributed by atoms with Crippen molar-refractivity contribution in [3.8, 4) is 22.6 Å². The van der Waals surface area contributed by atoms with E-state index >= 15 is 0 Å². The molecule has 11 rings (SSSR count). The van der Waals surface area contributed by atoms with Crippen molar-refractivity contribution < 1.29 is 25.2 Å². The Labute approximate surface area is 310 Å². The van der Waals surface area contributed by atoms with Crippen molar-refractivity contribution in [1.29, 1.82) is 0 Å². The van der Waals surface area contributed by atoms with Crippen LogP contribution in [0.4, 0.5) is 0 Å². The molecule has 248 valence electrons. The second-order valence-electron chi connectivity index (χ2n) is 13.0. The minimum absolute atomic E-state index is 0. The summed E-state index contributed by atoms with van der Waals surface area (Å²) < 4.78 is 10.9. The molecule has 5 aromatic heterocycles. The number of imidazole rings is 2. The summed E-state index contributed by atoms with van der Waals surface area (Å²) in [7, 11) is 0. The number of benzene rings is 6. The first-order valence-electron chi connectivity index (χ1n) is 16.9. The summed E-state index contributed by atoms with van der Waals surface area (Å²) in [4.78, 5) is 19.6. The van der Waals surface area contributed by atoms with E-state index in [9.17, 15) is 0 Å². The van der Waals surface area contributed by atoms with E-state index in [-0.39, 0.29) is 20.4 Å². The molecule has 0 aliphatic rings. The third-order valence-corrected chi connectivity index (χ3v) is 10.1. The molecule has 0 saturated heterocycles. The van der Waals surface area contributed by atoms with E-state index in [1.807, 2.05) is 42.5 Å². The third-order valence-electron chi connectivity index (χ3n) is 10.1. The number of pyridine rings is 2. The summed E-state index contributed by atoms with van der Waals surface area (Å²) in [6, 6.07) is 44.7. The van der Waals surface area contributed by atoms with Gasteiger partial charge >= 0.3 is 20.4 Å². The van der Waals surface area contributed by atoms with Crippen molar-refractivity contribution in [2.45, 2.75) is 13.8 Å². The summed E-state index contributed by atoms with van der Waals surface area (Å²) in [5.74, 6) is 1.12. The topological polar surface area (TPSA) is 69.6 Å². The van der Waals surface area contributed by atoms with Crippen LogP contribution in [0.15, 0.2) is 122 Å². The molecule has 0 unspecified atom stereocenters. The summed E-state index contributed by atoms with van der Waals surface area (Å²) in [6.07, 6.45) is 3.43. The standard InChI is InChI=1S/C44H26N6O.Pd/c1-25-9-7-10-26(2)39(25)31-11-8-16-38-40(31)29-19-17-27(23-32(29)42-47-34-12-3-5-14-36(34)49(38)42)51-28-18-20-30-33(24-28)43-48-35-13-4-6-15-37(35)50(43)44-41(30)45-21-22-46-44;/h3-22H,1-2H3;/q-2;+2. The Morgan fingerprint density at radius 3 is 1.85 bits per heavy atom. The van der Waals surface area contributed by atoms with Crippen LogP contribution in [-0.2, 0) is 20.4 Å². The maximum atomic E-state index is 6.60. The second kappa shape index (κ2) is 11.4. The maximum absolute atomic E-state index is 6.60. The van der Waals surface area contributed by atoms with Gasteiger partial charge in [0.25, 0.3) is 0 Å². The van der Waals surface area contributed by atoms with Crippen LogP contribution in [0.1, 0.15) is 11.1 Å². The summed E-state index contributed by atoms with van der Waals surface area (Å²) >= 11 is 0. The molecule has 6 aromatic carbocycles. The van der Waals surface area contributed by atoms with Crippen LogP contribution in [0.5, 0.6) is 11.5 Å². The fraction of sp³-hybridized carbons (Fsp3) is 0.0455. The van der Waals surface area contributed by atoms with Gasteiger partial charge in [0.2, 0.25) is 0 Å². The summed E-state index contributed by atoms with van der Waals surface area (Å²) in [5.41, 5.74) is 12.9. The van der Waals surface area contributed by atoms with Gasteiger partial charge in [0.05, 0.1) is 38.9 Å². The van der Waals surface area contributed by atoms with Gasteiger partial charge in [-0.15, -0.1) is 12.1 Å². The zero-order valence-corrected chi connectivity index (χ0v) is 29.5. The van der Waals surface area contributed by atoms with E-state index < -0.39 is 0 Å². The molecule has 11 aromatic rings. The van der Waals surface area contributed by atoms with Crippen LogP contribution < -0.4 is 4.74 Å². The maximum Gasteiger partial charge on any atom is 2.00 e. The average Bonchev–Trinajstić information content (AvgIpc) is 3.75. The molecule has 7 nitrogen and oxygen atoms in total. The molecule has 5 heterocycles. The number of aryl methyl sites for hydroxylation is 2. The van der Waals surface area contributed by atoms with Gasteiger partial charge in [-0.05, 0) is 71.8 Å². The number of para-hydroxylation sites is 4. The van der Waals surface area contributed by atoms with E-state index in [0.29, 0.717) is 11.5 Å². The number of hydrogen-bond donors (Lipinski definition) is 0. The van der Waals surface area contributed by atoms with Crippen LogP contribution >= 0.6 is 0 Å². The van der Waals surface area contributed by atoms with Crippen LogP contribution in [0.2, 0.25) is 0 Å². The van der Waals surface area contributed by atoms with Gasteiger partial charge in [0.15, 0.2) is 0 Å². The molecule has 0 N–H and O–H groups in total. The summed E-state index contributed by atoms with van der Waals surface area (Å²) in [6.45, 7) is 4.36. The Balaban J connectivity index is 0.00000338. The van der Waals surface area contributed by atoms with E-state index in [1.54, 1.807) is 12.4 Å². The molecule has 0 amide bonds. The van der Waals surface area contributed by atoms with Gasteiger partial charge in [-0.1, -0.05) is 100 Å². The Kier molecular flexibility index (Phi) is 6.72. The first-order chi connectivity index (χ1) is 25.1. The van der Waals surface area contributed by atoms with E-state index in [2.05, 4.69) is 102 Å². The molecule has 0 aliphatic heterocycles.